The Bertz CT molecular complexity index is 1160. The van der Waals surface area contributed by atoms with E-state index < -0.39 is 0 Å². The molecule has 3 aromatic rings. The molecule has 226 valence electrons. The smallest absolute Gasteiger partial charge is 0.0517 e. The maximum atomic E-state index is 4.72. The monoisotopic (exact) mass is 586 g/mol. The van der Waals surface area contributed by atoms with Crippen molar-refractivity contribution in [1.29, 1.82) is 0 Å². The van der Waals surface area contributed by atoms with E-state index in [1.54, 1.807) is 0 Å². The molecular formula is C36H42N8. The van der Waals surface area contributed by atoms with Gasteiger partial charge < -0.3 is 0 Å². The minimum atomic E-state index is 0.721. The fourth-order valence-electron chi connectivity index (χ4n) is 4.89. The second-order valence-corrected chi connectivity index (χ2v) is 10.9. The molecule has 8 bridgehead atoms. The van der Waals surface area contributed by atoms with Crippen molar-refractivity contribution in [3.63, 3.8) is 0 Å². The zero-order valence-corrected chi connectivity index (χ0v) is 25.5. The maximum Gasteiger partial charge on any atom is 0.0517 e. The summed E-state index contributed by atoms with van der Waals surface area (Å²) in [5.41, 5.74) is 6.56. The summed E-state index contributed by atoms with van der Waals surface area (Å²) in [6.45, 7) is 9.44. The van der Waals surface area contributed by atoms with E-state index in [0.29, 0.717) is 0 Å². The fraction of sp³-hybridized carbons (Fsp3) is 0.333. The Kier molecular flexibility index (Phi) is 12.5. The van der Waals surface area contributed by atoms with Crippen LogP contribution in [0.2, 0.25) is 0 Å². The van der Waals surface area contributed by atoms with Crippen molar-refractivity contribution in [2.45, 2.75) is 0 Å². The number of benzene rings is 3. The fourth-order valence-corrected chi connectivity index (χ4v) is 4.89. The predicted molar refractivity (Wildman–Crippen MR) is 187 cm³/mol. The van der Waals surface area contributed by atoms with Gasteiger partial charge in [-0.05, 0) is 33.4 Å². The van der Waals surface area contributed by atoms with E-state index in [-0.39, 0.29) is 0 Å². The first kappa shape index (κ1) is 31.0. The van der Waals surface area contributed by atoms with Crippen LogP contribution in [-0.4, -0.2) is 126 Å². The number of hydrogen-bond donors (Lipinski definition) is 0. The molecule has 44 heavy (non-hydrogen) atoms. The van der Waals surface area contributed by atoms with Crippen LogP contribution in [0.1, 0.15) is 33.4 Å². The lowest BCUT2D eigenvalue weighted by Gasteiger charge is -2.19. The van der Waals surface area contributed by atoms with Gasteiger partial charge >= 0.3 is 0 Å². The summed E-state index contributed by atoms with van der Waals surface area (Å²) in [5.74, 6) is 0. The largest absolute Gasteiger partial charge is 0.298 e. The van der Waals surface area contributed by atoms with Crippen LogP contribution in [0.25, 0.3) is 0 Å². The summed E-state index contributed by atoms with van der Waals surface area (Å²) in [6, 6.07) is 25.2. The molecule has 8 nitrogen and oxygen atoms in total. The van der Waals surface area contributed by atoms with Crippen LogP contribution in [0, 0.1) is 0 Å². The van der Waals surface area contributed by atoms with Crippen LogP contribution in [-0.2, 0) is 0 Å². The average molecular weight is 587 g/mol. The Balaban J connectivity index is 1.39. The van der Waals surface area contributed by atoms with E-state index in [4.69, 9.17) is 30.0 Å². The van der Waals surface area contributed by atoms with Crippen LogP contribution < -0.4 is 0 Å². The zero-order chi connectivity index (χ0) is 30.1. The number of hydrogen-bond acceptors (Lipinski definition) is 8. The summed E-state index contributed by atoms with van der Waals surface area (Å²) in [5, 5.41) is 0. The standard InChI is InChI=1S/C36H42N8/c1-2-32-4-3-31(1)25-37-13-19-43-21-15-39-27-33-5-9-35(10-6-33)29-41-17-23-44(20-14-38-26-32)24-18-42-30-36-11-7-34(8-12-36)28-40-16-22-43/h1-12,25-30H,13-24H2/b37-25-,38-26-,39-27+,40-28+,41-29+,42-30+. The van der Waals surface area contributed by atoms with Gasteiger partial charge in [0.2, 0.25) is 0 Å². The summed E-state index contributed by atoms with van der Waals surface area (Å²) >= 11 is 0. The lowest BCUT2D eigenvalue weighted by atomic mass is 10.1. The molecule has 12 aliphatic heterocycles. The predicted octanol–water partition coefficient (Wildman–Crippen LogP) is 4.23. The molecule has 0 fully saturated rings. The van der Waals surface area contributed by atoms with Gasteiger partial charge in [-0.3, -0.25) is 39.8 Å². The first-order valence-electron chi connectivity index (χ1n) is 15.5. The molecule has 0 unspecified atom stereocenters. The Morgan fingerprint density at radius 3 is 0.591 bits per heavy atom. The first-order valence-corrected chi connectivity index (χ1v) is 15.5. The van der Waals surface area contributed by atoms with E-state index in [0.717, 1.165) is 112 Å². The molecule has 0 aromatic heterocycles. The van der Waals surface area contributed by atoms with Crippen molar-refractivity contribution >= 4 is 37.3 Å². The molecule has 0 atom stereocenters. The average Bonchev–Trinajstić information content (AvgIpc) is 3.05. The van der Waals surface area contributed by atoms with E-state index in [1.165, 1.54) is 0 Å². The molecule has 0 N–H and O–H groups in total. The van der Waals surface area contributed by atoms with Crippen molar-refractivity contribution in [2.75, 3.05) is 78.5 Å². The van der Waals surface area contributed by atoms with Gasteiger partial charge in [0.1, 0.15) is 0 Å². The summed E-state index contributed by atoms with van der Waals surface area (Å²) in [4.78, 5) is 33.1. The highest BCUT2D eigenvalue weighted by molar-refractivity contribution is 5.85. The van der Waals surface area contributed by atoms with Crippen molar-refractivity contribution in [1.82, 2.24) is 9.80 Å². The minimum absolute atomic E-state index is 0.721. The van der Waals surface area contributed by atoms with Gasteiger partial charge in [-0.25, -0.2) is 0 Å². The van der Waals surface area contributed by atoms with Gasteiger partial charge in [0, 0.05) is 76.6 Å². The van der Waals surface area contributed by atoms with Crippen LogP contribution in [0.15, 0.2) is 103 Å². The van der Waals surface area contributed by atoms with Crippen molar-refractivity contribution < 1.29 is 0 Å². The normalized spacial score (nSPS) is 24.8. The topological polar surface area (TPSA) is 80.6 Å². The van der Waals surface area contributed by atoms with E-state index in [1.807, 2.05) is 37.3 Å². The molecule has 12 aliphatic rings. The first-order chi connectivity index (χ1) is 21.8. The molecule has 3 aromatic carbocycles. The molecule has 0 aliphatic carbocycles. The van der Waals surface area contributed by atoms with Crippen molar-refractivity contribution in [3.8, 4) is 0 Å². The summed E-state index contributed by atoms with van der Waals surface area (Å²) in [6.07, 6.45) is 11.7. The van der Waals surface area contributed by atoms with Gasteiger partial charge in [0.25, 0.3) is 0 Å². The van der Waals surface area contributed by atoms with Crippen LogP contribution in [0.5, 0.6) is 0 Å². The molecule has 0 saturated carbocycles. The quantitative estimate of drug-likeness (QED) is 0.395. The molecule has 0 radical (unpaired) electrons. The third-order valence-corrected chi connectivity index (χ3v) is 7.52. The SMILES string of the molecule is C1=N\CCN2CC/N=C/c3ccc(cc3)/C=N/CCN(CC/N=C\c3ccc/1cc3)CC/N=C/c1ccc(cc1)/C=N/CC2. The van der Waals surface area contributed by atoms with Gasteiger partial charge in [0.15, 0.2) is 0 Å². The molecule has 0 amide bonds. The van der Waals surface area contributed by atoms with E-state index >= 15 is 0 Å². The molecule has 8 heteroatoms. The van der Waals surface area contributed by atoms with Gasteiger partial charge in [-0.2, -0.15) is 0 Å². The Hall–Kier alpha value is -4.40. The van der Waals surface area contributed by atoms with Crippen LogP contribution in [0.4, 0.5) is 0 Å². The van der Waals surface area contributed by atoms with E-state index in [2.05, 4.69) is 82.6 Å². The molecule has 15 rings (SSSR count). The zero-order valence-electron chi connectivity index (χ0n) is 25.5. The molecular weight excluding hydrogens is 544 g/mol. The highest BCUT2D eigenvalue weighted by Crippen LogP contribution is 2.04. The lowest BCUT2D eigenvalue weighted by molar-refractivity contribution is 0.298. The Labute approximate surface area is 261 Å². The van der Waals surface area contributed by atoms with Gasteiger partial charge in [-0.1, -0.05) is 72.8 Å². The van der Waals surface area contributed by atoms with Crippen LogP contribution in [0.3, 0.4) is 0 Å². The summed E-state index contributed by atoms with van der Waals surface area (Å²) < 4.78 is 0. The second-order valence-electron chi connectivity index (χ2n) is 10.9. The van der Waals surface area contributed by atoms with Crippen molar-refractivity contribution in [2.24, 2.45) is 30.0 Å². The van der Waals surface area contributed by atoms with E-state index in [9.17, 15) is 0 Å². The number of nitrogens with zero attached hydrogens (tertiary/aromatic N) is 8. The van der Waals surface area contributed by atoms with Gasteiger partial charge in [-0.15, -0.1) is 0 Å². The highest BCUT2D eigenvalue weighted by Gasteiger charge is 2.05. The number of rotatable bonds is 0. The van der Waals surface area contributed by atoms with Crippen LogP contribution >= 0.6 is 0 Å². The molecule has 0 saturated heterocycles. The third-order valence-electron chi connectivity index (χ3n) is 7.52. The minimum Gasteiger partial charge on any atom is -0.298 e. The third kappa shape index (κ3) is 11.0. The van der Waals surface area contributed by atoms with Gasteiger partial charge in [0.05, 0.1) is 39.3 Å². The molecule has 12 heterocycles. The lowest BCUT2D eigenvalue weighted by Crippen LogP contribution is -2.31. The highest BCUT2D eigenvalue weighted by atomic mass is 15.2. The van der Waals surface area contributed by atoms with Crippen molar-refractivity contribution in [3.05, 3.63) is 106 Å². The number of aliphatic imine (C=N–C) groups is 6. The maximum absolute atomic E-state index is 4.72. The summed E-state index contributed by atoms with van der Waals surface area (Å²) in [7, 11) is 0. The second kappa shape index (κ2) is 17.7. The Morgan fingerprint density at radius 1 is 0.273 bits per heavy atom. The Morgan fingerprint density at radius 2 is 0.432 bits per heavy atom. The molecule has 0 spiro atoms.